The van der Waals surface area contributed by atoms with Gasteiger partial charge in [0.15, 0.2) is 16.7 Å². The highest BCUT2D eigenvalue weighted by atomic mass is 79.9. The molecule has 40 heavy (non-hydrogen) atoms. The van der Waals surface area contributed by atoms with Gasteiger partial charge >= 0.3 is 0 Å². The van der Waals surface area contributed by atoms with Crippen molar-refractivity contribution in [3.8, 4) is 22.9 Å². The normalized spacial score (nSPS) is 11.7. The number of rotatable bonds is 13. The molecule has 1 heterocycles. The quantitative estimate of drug-likeness (QED) is 0.0803. The van der Waals surface area contributed by atoms with E-state index in [0.717, 1.165) is 21.5 Å². The topological polar surface area (TPSA) is 102 Å². The summed E-state index contributed by atoms with van der Waals surface area (Å²) in [6.45, 7) is 6.64. The van der Waals surface area contributed by atoms with Gasteiger partial charge in [-0.25, -0.2) is 0 Å². The van der Waals surface area contributed by atoms with Gasteiger partial charge in [0, 0.05) is 15.1 Å². The lowest BCUT2D eigenvalue weighted by atomic mass is 10.1. The number of nitro groups is 1. The molecular formula is C28H28Br2N4O5S. The summed E-state index contributed by atoms with van der Waals surface area (Å²) in [6.07, 6.45) is 0. The lowest BCUT2D eigenvalue weighted by Crippen LogP contribution is -2.12. The Balaban J connectivity index is 1.64. The number of aryl methyl sites for hydroxylation is 1. The van der Waals surface area contributed by atoms with Crippen molar-refractivity contribution in [3.05, 3.63) is 96.7 Å². The van der Waals surface area contributed by atoms with Crippen LogP contribution in [0.25, 0.3) is 5.69 Å². The molecule has 1 atom stereocenters. The van der Waals surface area contributed by atoms with Gasteiger partial charge in [0.05, 0.1) is 17.7 Å². The zero-order valence-electron chi connectivity index (χ0n) is 22.2. The highest BCUT2D eigenvalue weighted by molar-refractivity contribution is 9.10. The van der Waals surface area contributed by atoms with Crippen LogP contribution in [-0.4, -0.2) is 39.4 Å². The lowest BCUT2D eigenvalue weighted by Gasteiger charge is -2.19. The molecule has 0 saturated heterocycles. The van der Waals surface area contributed by atoms with Gasteiger partial charge in [0.2, 0.25) is 6.54 Å². The van der Waals surface area contributed by atoms with Crippen LogP contribution in [0.15, 0.2) is 74.8 Å². The van der Waals surface area contributed by atoms with Crippen molar-refractivity contribution < 1.29 is 19.1 Å². The predicted molar refractivity (Wildman–Crippen MR) is 162 cm³/mol. The number of benzene rings is 3. The van der Waals surface area contributed by atoms with Crippen LogP contribution in [0.5, 0.6) is 17.2 Å². The third-order valence-corrected chi connectivity index (χ3v) is 8.06. The molecule has 0 amide bonds. The van der Waals surface area contributed by atoms with Crippen molar-refractivity contribution in [2.24, 2.45) is 0 Å². The van der Waals surface area contributed by atoms with Gasteiger partial charge in [-0.3, -0.25) is 14.7 Å². The third-order valence-electron chi connectivity index (χ3n) is 5.76. The first kappa shape index (κ1) is 29.9. The summed E-state index contributed by atoms with van der Waals surface area (Å²) in [5, 5.41) is 20.3. The molecule has 9 nitrogen and oxygen atoms in total. The molecule has 1 aromatic heterocycles. The van der Waals surface area contributed by atoms with Crippen LogP contribution >= 0.6 is 43.6 Å². The van der Waals surface area contributed by atoms with E-state index >= 15 is 0 Å². The van der Waals surface area contributed by atoms with E-state index in [1.54, 1.807) is 6.07 Å². The first-order valence-corrected chi connectivity index (χ1v) is 15.0. The van der Waals surface area contributed by atoms with E-state index in [0.29, 0.717) is 52.3 Å². The fourth-order valence-electron chi connectivity index (χ4n) is 3.96. The molecule has 4 aromatic rings. The standard InChI is InChI=1S/C28H28Br2N4O5S/c1-4-37-23-12-10-22(11-13-23)34-18(3)31-32-28(34)40-26(16-33(35)36)20-14-24(30)27(25(15-20)38-5-2)39-17-19-6-8-21(29)9-7-19/h6-15,26H,4-5,16-17H2,1-3H3/t26-/m1/s1. The minimum atomic E-state index is -0.573. The number of aromatic nitrogens is 3. The van der Waals surface area contributed by atoms with E-state index in [1.807, 2.05) is 79.9 Å². The molecular weight excluding hydrogens is 664 g/mol. The summed E-state index contributed by atoms with van der Waals surface area (Å²) in [5.41, 5.74) is 2.53. The average molecular weight is 692 g/mol. The monoisotopic (exact) mass is 690 g/mol. The summed E-state index contributed by atoms with van der Waals surface area (Å²) in [7, 11) is 0. The Bertz CT molecular complexity index is 1450. The van der Waals surface area contributed by atoms with E-state index in [2.05, 4.69) is 42.1 Å². The molecule has 0 N–H and O–H groups in total. The molecule has 0 aliphatic carbocycles. The van der Waals surface area contributed by atoms with Crippen LogP contribution in [0, 0.1) is 17.0 Å². The van der Waals surface area contributed by atoms with Gasteiger partial charge in [0.1, 0.15) is 23.4 Å². The third kappa shape index (κ3) is 7.55. The van der Waals surface area contributed by atoms with Crippen LogP contribution in [-0.2, 0) is 6.61 Å². The zero-order chi connectivity index (χ0) is 28.6. The Morgan fingerprint density at radius 2 is 1.68 bits per heavy atom. The molecule has 0 aliphatic rings. The Kier molecular flexibility index (Phi) is 10.5. The Labute approximate surface area is 253 Å². The number of hydrogen-bond acceptors (Lipinski definition) is 8. The first-order valence-electron chi connectivity index (χ1n) is 12.6. The van der Waals surface area contributed by atoms with Gasteiger partial charge in [-0.05, 0) is 96.4 Å². The van der Waals surface area contributed by atoms with E-state index in [1.165, 1.54) is 11.8 Å². The molecule has 0 radical (unpaired) electrons. The van der Waals surface area contributed by atoms with Gasteiger partial charge in [-0.2, -0.15) is 0 Å². The number of ether oxygens (including phenoxy) is 3. The van der Waals surface area contributed by atoms with Crippen molar-refractivity contribution in [2.45, 2.75) is 37.8 Å². The number of nitrogens with zero attached hydrogens (tertiary/aromatic N) is 4. The second-order valence-corrected chi connectivity index (χ2v) is 11.5. The largest absolute Gasteiger partial charge is 0.494 e. The zero-order valence-corrected chi connectivity index (χ0v) is 26.2. The second kappa shape index (κ2) is 14.0. The van der Waals surface area contributed by atoms with Gasteiger partial charge in [-0.1, -0.05) is 39.8 Å². The molecule has 3 aromatic carbocycles. The minimum absolute atomic E-state index is 0.322. The van der Waals surface area contributed by atoms with E-state index in [-0.39, 0.29) is 11.5 Å². The highest BCUT2D eigenvalue weighted by Crippen LogP contribution is 2.43. The molecule has 210 valence electrons. The van der Waals surface area contributed by atoms with Crippen LogP contribution in [0.4, 0.5) is 0 Å². The van der Waals surface area contributed by atoms with Crippen molar-refractivity contribution in [1.82, 2.24) is 14.8 Å². The maximum Gasteiger partial charge on any atom is 0.220 e. The lowest BCUT2D eigenvalue weighted by molar-refractivity contribution is -0.479. The minimum Gasteiger partial charge on any atom is -0.494 e. The Hall–Kier alpha value is -3.09. The fourth-order valence-corrected chi connectivity index (χ4v) is 5.95. The molecule has 4 rings (SSSR count). The number of hydrogen-bond donors (Lipinski definition) is 0. The molecule has 0 spiro atoms. The van der Waals surface area contributed by atoms with Gasteiger partial charge < -0.3 is 14.2 Å². The summed E-state index contributed by atoms with van der Waals surface area (Å²) < 4.78 is 21.1. The summed E-state index contributed by atoms with van der Waals surface area (Å²) in [4.78, 5) is 11.4. The number of halogens is 2. The first-order chi connectivity index (χ1) is 19.3. The molecule has 0 saturated carbocycles. The average Bonchev–Trinajstić information content (AvgIpc) is 3.29. The summed E-state index contributed by atoms with van der Waals surface area (Å²) in [6, 6.07) is 19.1. The van der Waals surface area contributed by atoms with Crippen molar-refractivity contribution >= 4 is 43.6 Å². The van der Waals surface area contributed by atoms with Gasteiger partial charge in [-0.15, -0.1) is 10.2 Å². The van der Waals surface area contributed by atoms with E-state index in [4.69, 9.17) is 14.2 Å². The van der Waals surface area contributed by atoms with Crippen molar-refractivity contribution in [1.29, 1.82) is 0 Å². The van der Waals surface area contributed by atoms with E-state index < -0.39 is 5.25 Å². The SMILES string of the molecule is CCOc1ccc(-n2c(C)nnc2S[C@H](C[N+](=O)[O-])c2cc(Br)c(OCc3ccc(Br)cc3)c(OCC)c2)cc1. The molecule has 12 heteroatoms. The van der Waals surface area contributed by atoms with Crippen LogP contribution < -0.4 is 14.2 Å². The fraction of sp³-hybridized carbons (Fsp3) is 0.286. The molecule has 0 unspecified atom stereocenters. The molecule has 0 aliphatic heterocycles. The number of thioether (sulfide) groups is 1. The van der Waals surface area contributed by atoms with Crippen molar-refractivity contribution in [2.75, 3.05) is 19.8 Å². The Morgan fingerprint density at radius 3 is 2.33 bits per heavy atom. The van der Waals surface area contributed by atoms with Crippen molar-refractivity contribution in [3.63, 3.8) is 0 Å². The molecule has 0 bridgehead atoms. The maximum atomic E-state index is 11.7. The van der Waals surface area contributed by atoms with Crippen LogP contribution in [0.3, 0.4) is 0 Å². The molecule has 0 fully saturated rings. The van der Waals surface area contributed by atoms with Crippen LogP contribution in [0.2, 0.25) is 0 Å². The maximum absolute atomic E-state index is 11.7. The van der Waals surface area contributed by atoms with Gasteiger partial charge in [0.25, 0.3) is 0 Å². The Morgan fingerprint density at radius 1 is 0.975 bits per heavy atom. The smallest absolute Gasteiger partial charge is 0.220 e. The highest BCUT2D eigenvalue weighted by Gasteiger charge is 2.26. The summed E-state index contributed by atoms with van der Waals surface area (Å²) >= 11 is 8.33. The second-order valence-electron chi connectivity index (χ2n) is 8.59. The van der Waals surface area contributed by atoms with Crippen LogP contribution in [0.1, 0.15) is 36.0 Å². The predicted octanol–water partition coefficient (Wildman–Crippen LogP) is 7.59. The summed E-state index contributed by atoms with van der Waals surface area (Å²) in [5.74, 6) is 2.46. The van der Waals surface area contributed by atoms with E-state index in [9.17, 15) is 10.1 Å².